The van der Waals surface area contributed by atoms with E-state index < -0.39 is 0 Å². The Morgan fingerprint density at radius 3 is 1.61 bits per heavy atom. The predicted octanol–water partition coefficient (Wildman–Crippen LogP) is 10.2. The van der Waals surface area contributed by atoms with Crippen LogP contribution in [0.2, 0.25) is 0 Å². The molecule has 3 nitrogen and oxygen atoms in total. The molecular weight excluding hydrogens is 406 g/mol. The first kappa shape index (κ1) is 32.3. The van der Waals surface area contributed by atoms with E-state index in [0.717, 1.165) is 19.3 Å². The highest BCUT2D eigenvalue weighted by atomic mass is 16.5. The van der Waals surface area contributed by atoms with Gasteiger partial charge >= 0.3 is 6.09 Å². The fourth-order valence-corrected chi connectivity index (χ4v) is 4.60. The van der Waals surface area contributed by atoms with Crippen LogP contribution in [0.25, 0.3) is 0 Å². The van der Waals surface area contributed by atoms with Crippen LogP contribution in [0.15, 0.2) is 0 Å². The van der Waals surface area contributed by atoms with Gasteiger partial charge in [0.05, 0.1) is 6.61 Å². The molecule has 0 aromatic heterocycles. The third-order valence-corrected chi connectivity index (χ3v) is 7.45. The van der Waals surface area contributed by atoms with E-state index in [1.54, 1.807) is 0 Å². The molecule has 0 saturated heterocycles. The summed E-state index contributed by atoms with van der Waals surface area (Å²) in [6.45, 7) is 14.1. The Kier molecular flexibility index (Phi) is 21.3. The lowest BCUT2D eigenvalue weighted by Crippen LogP contribution is -2.38. The Morgan fingerprint density at radius 2 is 1.18 bits per heavy atom. The Morgan fingerprint density at radius 1 is 0.727 bits per heavy atom. The summed E-state index contributed by atoms with van der Waals surface area (Å²) >= 11 is 0. The standard InChI is InChI=1S/C30H61NO2/c1-7-11-13-15-17-18-20-22-24-27(23-21-19-16-14-12-8-2)26-33-29(32)31-28(9-3)25-30(5,6)10-4/h27-28H,7-26H2,1-6H3,(H,31,32). The fraction of sp³-hybridized carbons (Fsp3) is 0.967. The predicted molar refractivity (Wildman–Crippen MR) is 146 cm³/mol. The second-order valence-electron chi connectivity index (χ2n) is 11.3. The zero-order chi connectivity index (χ0) is 24.8. The van der Waals surface area contributed by atoms with Crippen molar-refractivity contribution in [1.82, 2.24) is 5.32 Å². The molecule has 0 aromatic carbocycles. The first-order chi connectivity index (χ1) is 15.9. The maximum atomic E-state index is 12.5. The Balaban J connectivity index is 4.36. The summed E-state index contributed by atoms with van der Waals surface area (Å²) in [5.41, 5.74) is 0.255. The number of nitrogens with one attached hydrogen (secondary N) is 1. The highest BCUT2D eigenvalue weighted by Crippen LogP contribution is 2.27. The van der Waals surface area contributed by atoms with Crippen LogP contribution in [0.1, 0.15) is 164 Å². The molecule has 0 rings (SSSR count). The highest BCUT2D eigenvalue weighted by molar-refractivity contribution is 5.67. The molecule has 0 spiro atoms. The quantitative estimate of drug-likeness (QED) is 0.152. The van der Waals surface area contributed by atoms with Crippen LogP contribution in [-0.2, 0) is 4.74 Å². The number of carbonyl (C=O) groups is 1. The minimum absolute atomic E-state index is 0.206. The molecule has 1 amide bonds. The number of amides is 1. The smallest absolute Gasteiger partial charge is 0.407 e. The van der Waals surface area contributed by atoms with Gasteiger partial charge in [0.1, 0.15) is 0 Å². The topological polar surface area (TPSA) is 38.3 Å². The molecule has 0 fully saturated rings. The molecule has 0 aliphatic carbocycles. The van der Waals surface area contributed by atoms with E-state index in [-0.39, 0.29) is 17.6 Å². The lowest BCUT2D eigenvalue weighted by atomic mass is 9.83. The molecule has 2 atom stereocenters. The van der Waals surface area contributed by atoms with E-state index >= 15 is 0 Å². The molecule has 33 heavy (non-hydrogen) atoms. The van der Waals surface area contributed by atoms with Gasteiger partial charge in [-0.25, -0.2) is 4.79 Å². The normalized spacial score (nSPS) is 13.6. The molecule has 198 valence electrons. The summed E-state index contributed by atoms with van der Waals surface area (Å²) in [5.74, 6) is 0.522. The van der Waals surface area contributed by atoms with Crippen LogP contribution in [0.5, 0.6) is 0 Å². The average molecular weight is 468 g/mol. The maximum absolute atomic E-state index is 12.5. The van der Waals surface area contributed by atoms with Gasteiger partial charge in [0.25, 0.3) is 0 Å². The minimum atomic E-state index is -0.211. The summed E-state index contributed by atoms with van der Waals surface area (Å²) in [7, 11) is 0. The van der Waals surface area contributed by atoms with E-state index in [1.807, 2.05) is 0 Å². The molecule has 0 aromatic rings. The monoisotopic (exact) mass is 467 g/mol. The van der Waals surface area contributed by atoms with Crippen LogP contribution < -0.4 is 5.32 Å². The van der Waals surface area contributed by atoms with Gasteiger partial charge in [0, 0.05) is 6.04 Å². The van der Waals surface area contributed by atoms with E-state index in [9.17, 15) is 4.79 Å². The van der Waals surface area contributed by atoms with Crippen molar-refractivity contribution in [2.45, 2.75) is 170 Å². The summed E-state index contributed by atoms with van der Waals surface area (Å²) in [4.78, 5) is 12.5. The summed E-state index contributed by atoms with van der Waals surface area (Å²) in [5, 5.41) is 3.14. The van der Waals surface area contributed by atoms with Gasteiger partial charge in [-0.3, -0.25) is 0 Å². The van der Waals surface area contributed by atoms with Crippen molar-refractivity contribution in [2.75, 3.05) is 6.61 Å². The molecule has 0 heterocycles. The molecule has 3 heteroatoms. The molecular formula is C30H61NO2. The Bertz CT molecular complexity index is 435. The van der Waals surface area contributed by atoms with Gasteiger partial charge in [-0.05, 0) is 37.0 Å². The van der Waals surface area contributed by atoms with Crippen molar-refractivity contribution in [1.29, 1.82) is 0 Å². The lowest BCUT2D eigenvalue weighted by molar-refractivity contribution is 0.113. The molecule has 1 N–H and O–H groups in total. The highest BCUT2D eigenvalue weighted by Gasteiger charge is 2.22. The van der Waals surface area contributed by atoms with Crippen LogP contribution in [-0.4, -0.2) is 18.7 Å². The average Bonchev–Trinajstić information content (AvgIpc) is 2.80. The van der Waals surface area contributed by atoms with E-state index in [4.69, 9.17) is 4.74 Å². The summed E-state index contributed by atoms with van der Waals surface area (Å²) in [6.07, 6.45) is 24.1. The minimum Gasteiger partial charge on any atom is -0.449 e. The zero-order valence-electron chi connectivity index (χ0n) is 23.6. The van der Waals surface area contributed by atoms with Crippen LogP contribution in [0.3, 0.4) is 0 Å². The third-order valence-electron chi connectivity index (χ3n) is 7.45. The fourth-order valence-electron chi connectivity index (χ4n) is 4.60. The van der Waals surface area contributed by atoms with Crippen LogP contribution in [0, 0.1) is 11.3 Å². The number of carbonyl (C=O) groups excluding carboxylic acids is 1. The van der Waals surface area contributed by atoms with E-state index in [1.165, 1.54) is 103 Å². The summed E-state index contributed by atoms with van der Waals surface area (Å²) < 4.78 is 5.75. The Labute approximate surface area is 208 Å². The van der Waals surface area contributed by atoms with Crippen molar-refractivity contribution in [2.24, 2.45) is 11.3 Å². The van der Waals surface area contributed by atoms with Crippen LogP contribution >= 0.6 is 0 Å². The first-order valence-electron chi connectivity index (χ1n) is 14.8. The zero-order valence-corrected chi connectivity index (χ0v) is 23.6. The lowest BCUT2D eigenvalue weighted by Gasteiger charge is -2.28. The van der Waals surface area contributed by atoms with E-state index in [2.05, 4.69) is 46.9 Å². The molecule has 0 aliphatic heterocycles. The third kappa shape index (κ3) is 20.4. The molecule has 0 aliphatic rings. The van der Waals surface area contributed by atoms with Crippen molar-refractivity contribution >= 4 is 6.09 Å². The van der Waals surface area contributed by atoms with Crippen molar-refractivity contribution in [3.05, 3.63) is 0 Å². The van der Waals surface area contributed by atoms with Crippen LogP contribution in [0.4, 0.5) is 4.79 Å². The largest absolute Gasteiger partial charge is 0.449 e. The van der Waals surface area contributed by atoms with Crippen molar-refractivity contribution in [3.8, 4) is 0 Å². The second-order valence-corrected chi connectivity index (χ2v) is 11.3. The number of unbranched alkanes of at least 4 members (excludes halogenated alkanes) is 12. The molecule has 0 saturated carbocycles. The number of hydrogen-bond acceptors (Lipinski definition) is 2. The number of hydrogen-bond donors (Lipinski definition) is 1. The molecule has 0 radical (unpaired) electrons. The SMILES string of the molecule is CCCCCCCCCCC(CCCCCCCC)COC(=O)NC(CC)CC(C)(C)CC. The number of ether oxygens (including phenoxy) is 1. The second kappa shape index (κ2) is 21.8. The first-order valence-corrected chi connectivity index (χ1v) is 14.8. The van der Waals surface area contributed by atoms with Crippen molar-refractivity contribution in [3.63, 3.8) is 0 Å². The molecule has 2 unspecified atom stereocenters. The van der Waals surface area contributed by atoms with Gasteiger partial charge < -0.3 is 10.1 Å². The van der Waals surface area contributed by atoms with Gasteiger partial charge in [-0.15, -0.1) is 0 Å². The molecule has 0 bridgehead atoms. The summed E-state index contributed by atoms with van der Waals surface area (Å²) in [6, 6.07) is 0.206. The maximum Gasteiger partial charge on any atom is 0.407 e. The van der Waals surface area contributed by atoms with Gasteiger partial charge in [0.2, 0.25) is 0 Å². The van der Waals surface area contributed by atoms with Crippen molar-refractivity contribution < 1.29 is 9.53 Å². The van der Waals surface area contributed by atoms with Gasteiger partial charge in [-0.2, -0.15) is 0 Å². The van der Waals surface area contributed by atoms with Gasteiger partial charge in [0.15, 0.2) is 0 Å². The number of alkyl carbamates (subject to hydrolysis) is 1. The number of rotatable bonds is 23. The van der Waals surface area contributed by atoms with Gasteiger partial charge in [-0.1, -0.05) is 138 Å². The Hall–Kier alpha value is -0.730. The van der Waals surface area contributed by atoms with E-state index in [0.29, 0.717) is 12.5 Å².